The molecule has 1 amide bonds. The Morgan fingerprint density at radius 2 is 2.27 bits per heavy atom. The summed E-state index contributed by atoms with van der Waals surface area (Å²) in [6, 6.07) is 0.337. The van der Waals surface area contributed by atoms with Gasteiger partial charge < -0.3 is 4.90 Å². The zero-order valence-corrected chi connectivity index (χ0v) is 7.21. The molecule has 1 saturated heterocycles. The largest absolute Gasteiger partial charge is 0.317 e. The Hall–Kier alpha value is -0.790. The van der Waals surface area contributed by atoms with Crippen molar-refractivity contribution in [3.8, 4) is 0 Å². The third kappa shape index (κ3) is 1.62. The van der Waals surface area contributed by atoms with Crippen LogP contribution in [0.2, 0.25) is 0 Å². The monoisotopic (exact) mass is 153 g/mol. The topological polar surface area (TPSA) is 20.3 Å². The van der Waals surface area contributed by atoms with Gasteiger partial charge in [0.1, 0.15) is 0 Å². The van der Waals surface area contributed by atoms with Gasteiger partial charge in [0.05, 0.1) is 0 Å². The number of piperidine rings is 1. The van der Waals surface area contributed by atoms with Gasteiger partial charge >= 0.3 is 0 Å². The maximum absolute atomic E-state index is 11.3. The third-order valence-electron chi connectivity index (χ3n) is 2.23. The van der Waals surface area contributed by atoms with Gasteiger partial charge in [0.15, 0.2) is 0 Å². The number of likely N-dealkylation sites (tertiary alicyclic amines) is 1. The molecule has 2 heteroatoms. The van der Waals surface area contributed by atoms with Gasteiger partial charge in [0, 0.05) is 12.5 Å². The van der Waals surface area contributed by atoms with E-state index < -0.39 is 0 Å². The van der Waals surface area contributed by atoms with E-state index >= 15 is 0 Å². The predicted molar refractivity (Wildman–Crippen MR) is 44.9 cm³/mol. The second-order valence-electron chi connectivity index (χ2n) is 3.38. The van der Waals surface area contributed by atoms with E-state index in [1.165, 1.54) is 0 Å². The van der Waals surface area contributed by atoms with Gasteiger partial charge in [-0.25, -0.2) is 0 Å². The number of carbonyl (C=O) groups is 1. The maximum Gasteiger partial charge on any atom is 0.227 e. The molecule has 0 N–H and O–H groups in total. The van der Waals surface area contributed by atoms with Crippen molar-refractivity contribution in [2.45, 2.75) is 32.7 Å². The molecule has 11 heavy (non-hydrogen) atoms. The van der Waals surface area contributed by atoms with E-state index in [-0.39, 0.29) is 5.91 Å². The summed E-state index contributed by atoms with van der Waals surface area (Å²) < 4.78 is 0. The highest BCUT2D eigenvalue weighted by molar-refractivity contribution is 5.78. The summed E-state index contributed by atoms with van der Waals surface area (Å²) in [6.45, 7) is 7.80. The third-order valence-corrected chi connectivity index (χ3v) is 2.23. The molecule has 0 aliphatic carbocycles. The van der Waals surface area contributed by atoms with Crippen molar-refractivity contribution in [2.24, 2.45) is 5.92 Å². The van der Waals surface area contributed by atoms with Gasteiger partial charge in [0.2, 0.25) is 5.91 Å². The average Bonchev–Trinajstić information content (AvgIpc) is 1.85. The first-order valence-electron chi connectivity index (χ1n) is 4.09. The first-order valence-corrected chi connectivity index (χ1v) is 4.09. The minimum atomic E-state index is 0.214. The van der Waals surface area contributed by atoms with Crippen molar-refractivity contribution in [1.82, 2.24) is 4.90 Å². The van der Waals surface area contributed by atoms with Crippen LogP contribution in [0.1, 0.15) is 26.7 Å². The normalized spacial score (nSPS) is 32.2. The molecule has 0 aromatic carbocycles. The van der Waals surface area contributed by atoms with E-state index in [9.17, 15) is 4.79 Å². The van der Waals surface area contributed by atoms with E-state index in [0.717, 1.165) is 6.42 Å². The van der Waals surface area contributed by atoms with Crippen molar-refractivity contribution in [3.05, 3.63) is 12.8 Å². The number of rotatable bonds is 1. The Morgan fingerprint density at radius 3 is 2.73 bits per heavy atom. The van der Waals surface area contributed by atoms with Gasteiger partial charge in [0.25, 0.3) is 0 Å². The molecule has 1 fully saturated rings. The van der Waals surface area contributed by atoms with E-state index in [1.807, 2.05) is 0 Å². The van der Waals surface area contributed by atoms with Crippen LogP contribution in [0.4, 0.5) is 0 Å². The van der Waals surface area contributed by atoms with Crippen LogP contribution in [-0.4, -0.2) is 16.8 Å². The number of carbonyl (C=O) groups excluding carboxylic acids is 1. The molecule has 0 spiro atoms. The highest BCUT2D eigenvalue weighted by atomic mass is 16.2. The predicted octanol–water partition coefficient (Wildman–Crippen LogP) is 1.78. The molecule has 0 bridgehead atoms. The Bertz CT molecular complexity index is 176. The Morgan fingerprint density at radius 1 is 1.64 bits per heavy atom. The van der Waals surface area contributed by atoms with Crippen LogP contribution >= 0.6 is 0 Å². The second kappa shape index (κ2) is 3.07. The van der Waals surface area contributed by atoms with Crippen molar-refractivity contribution in [2.75, 3.05) is 0 Å². The van der Waals surface area contributed by atoms with Crippen LogP contribution < -0.4 is 0 Å². The van der Waals surface area contributed by atoms with Crippen LogP contribution in [0.3, 0.4) is 0 Å². The molecular formula is C9H15NO. The molecule has 1 rings (SSSR count). The Kier molecular flexibility index (Phi) is 2.32. The Labute approximate surface area is 67.9 Å². The van der Waals surface area contributed by atoms with Gasteiger partial charge in [-0.1, -0.05) is 13.5 Å². The molecule has 2 unspecified atom stereocenters. The number of hydrogen-bond donors (Lipinski definition) is 0. The summed E-state index contributed by atoms with van der Waals surface area (Å²) in [4.78, 5) is 13.0. The van der Waals surface area contributed by atoms with Crippen molar-refractivity contribution < 1.29 is 4.79 Å². The molecule has 2 atom stereocenters. The molecule has 0 aromatic heterocycles. The number of amides is 1. The zero-order chi connectivity index (χ0) is 8.43. The quantitative estimate of drug-likeness (QED) is 0.562. The van der Waals surface area contributed by atoms with Gasteiger partial charge in [-0.2, -0.15) is 0 Å². The van der Waals surface area contributed by atoms with Crippen LogP contribution in [0.25, 0.3) is 0 Å². The van der Waals surface area contributed by atoms with E-state index in [1.54, 1.807) is 11.1 Å². The van der Waals surface area contributed by atoms with E-state index in [2.05, 4.69) is 20.4 Å². The highest BCUT2D eigenvalue weighted by Crippen LogP contribution is 2.22. The van der Waals surface area contributed by atoms with E-state index in [0.29, 0.717) is 18.4 Å². The molecule has 1 heterocycles. The van der Waals surface area contributed by atoms with Crippen LogP contribution in [-0.2, 0) is 4.79 Å². The lowest BCUT2D eigenvalue weighted by Crippen LogP contribution is -2.40. The summed E-state index contributed by atoms with van der Waals surface area (Å²) in [5.74, 6) is 0.750. The van der Waals surface area contributed by atoms with Gasteiger partial charge in [-0.15, -0.1) is 0 Å². The molecule has 0 saturated carbocycles. The fraction of sp³-hybridized carbons (Fsp3) is 0.667. The van der Waals surface area contributed by atoms with Crippen LogP contribution in [0.5, 0.6) is 0 Å². The fourth-order valence-corrected chi connectivity index (χ4v) is 1.71. The Balaban J connectivity index is 2.66. The molecule has 62 valence electrons. The summed E-state index contributed by atoms with van der Waals surface area (Å²) in [5, 5.41) is 0. The SMILES string of the molecule is C=CN1C(=O)CC(C)CC1C. The smallest absolute Gasteiger partial charge is 0.227 e. The molecule has 1 aliphatic rings. The molecule has 2 nitrogen and oxygen atoms in total. The van der Waals surface area contributed by atoms with Gasteiger partial charge in [-0.3, -0.25) is 4.79 Å². The van der Waals surface area contributed by atoms with E-state index in [4.69, 9.17) is 0 Å². The molecule has 1 aliphatic heterocycles. The molecule has 0 radical (unpaired) electrons. The number of hydrogen-bond acceptors (Lipinski definition) is 1. The molecule has 0 aromatic rings. The zero-order valence-electron chi connectivity index (χ0n) is 7.21. The lowest BCUT2D eigenvalue weighted by Gasteiger charge is -2.33. The first kappa shape index (κ1) is 8.31. The highest BCUT2D eigenvalue weighted by Gasteiger charge is 2.26. The maximum atomic E-state index is 11.3. The van der Waals surface area contributed by atoms with Gasteiger partial charge in [-0.05, 0) is 25.5 Å². The lowest BCUT2D eigenvalue weighted by atomic mass is 9.93. The number of nitrogens with zero attached hydrogens (tertiary/aromatic N) is 1. The van der Waals surface area contributed by atoms with Crippen LogP contribution in [0, 0.1) is 5.92 Å². The van der Waals surface area contributed by atoms with Crippen molar-refractivity contribution in [1.29, 1.82) is 0 Å². The standard InChI is InChI=1S/C9H15NO/c1-4-10-8(3)5-7(2)6-9(10)11/h4,7-8H,1,5-6H2,2-3H3. The summed E-state index contributed by atoms with van der Waals surface area (Å²) in [6.07, 6.45) is 3.41. The first-order chi connectivity index (χ1) is 5.15. The molecular weight excluding hydrogens is 138 g/mol. The average molecular weight is 153 g/mol. The van der Waals surface area contributed by atoms with Crippen molar-refractivity contribution in [3.63, 3.8) is 0 Å². The minimum absolute atomic E-state index is 0.214. The minimum Gasteiger partial charge on any atom is -0.317 e. The summed E-state index contributed by atoms with van der Waals surface area (Å²) in [7, 11) is 0. The lowest BCUT2D eigenvalue weighted by molar-refractivity contribution is -0.134. The summed E-state index contributed by atoms with van der Waals surface area (Å²) in [5.41, 5.74) is 0. The van der Waals surface area contributed by atoms with Crippen LogP contribution in [0.15, 0.2) is 12.8 Å². The van der Waals surface area contributed by atoms with Crippen molar-refractivity contribution >= 4 is 5.91 Å². The summed E-state index contributed by atoms with van der Waals surface area (Å²) >= 11 is 0. The fourth-order valence-electron chi connectivity index (χ4n) is 1.71. The second-order valence-corrected chi connectivity index (χ2v) is 3.38.